The fourth-order valence-electron chi connectivity index (χ4n) is 2.07. The van der Waals surface area contributed by atoms with E-state index in [1.807, 2.05) is 6.07 Å². The molecule has 18 heavy (non-hydrogen) atoms. The Kier molecular flexibility index (Phi) is 4.84. The summed E-state index contributed by atoms with van der Waals surface area (Å²) in [4.78, 5) is 0. The van der Waals surface area contributed by atoms with Gasteiger partial charge in [0.2, 0.25) is 0 Å². The lowest BCUT2D eigenvalue weighted by Crippen LogP contribution is -2.15. The van der Waals surface area contributed by atoms with Crippen molar-refractivity contribution in [3.63, 3.8) is 0 Å². The van der Waals surface area contributed by atoms with E-state index in [9.17, 15) is 0 Å². The minimum atomic E-state index is 0.365. The Morgan fingerprint density at radius 2 is 2.22 bits per heavy atom. The minimum Gasteiger partial charge on any atom is -0.493 e. The standard InChI is InChI=1S/C14H22N2O2/c1-3-4-7-18-14-8-11(5-6-13(14)17-2)12-9-15-10-16-12/h5-6,8,12,15-16H,3-4,7,9-10H2,1-2H3. The van der Waals surface area contributed by atoms with Crippen molar-refractivity contribution in [1.29, 1.82) is 0 Å². The first-order valence-electron chi connectivity index (χ1n) is 6.60. The smallest absolute Gasteiger partial charge is 0.161 e. The molecule has 2 N–H and O–H groups in total. The maximum absolute atomic E-state index is 5.80. The SMILES string of the molecule is CCCCOc1cc(C2CNCN2)ccc1OC. The third-order valence-electron chi connectivity index (χ3n) is 3.17. The molecule has 0 aliphatic carbocycles. The predicted octanol–water partition coefficient (Wildman–Crippen LogP) is 2.07. The maximum Gasteiger partial charge on any atom is 0.161 e. The first kappa shape index (κ1) is 13.2. The van der Waals surface area contributed by atoms with Gasteiger partial charge in [0.1, 0.15) is 0 Å². The Morgan fingerprint density at radius 1 is 1.33 bits per heavy atom. The minimum absolute atomic E-state index is 0.365. The predicted molar refractivity (Wildman–Crippen MR) is 72.1 cm³/mol. The fraction of sp³-hybridized carbons (Fsp3) is 0.571. The second-order valence-electron chi connectivity index (χ2n) is 4.50. The van der Waals surface area contributed by atoms with Crippen molar-refractivity contribution in [3.05, 3.63) is 23.8 Å². The zero-order valence-electron chi connectivity index (χ0n) is 11.2. The van der Waals surface area contributed by atoms with E-state index in [-0.39, 0.29) is 0 Å². The molecule has 1 saturated heterocycles. The molecule has 1 fully saturated rings. The van der Waals surface area contributed by atoms with E-state index in [4.69, 9.17) is 9.47 Å². The van der Waals surface area contributed by atoms with Crippen molar-refractivity contribution in [2.45, 2.75) is 25.8 Å². The lowest BCUT2D eigenvalue weighted by atomic mass is 10.1. The van der Waals surface area contributed by atoms with E-state index in [0.29, 0.717) is 6.04 Å². The maximum atomic E-state index is 5.80. The van der Waals surface area contributed by atoms with Gasteiger partial charge in [-0.1, -0.05) is 19.4 Å². The van der Waals surface area contributed by atoms with Crippen LogP contribution in [0, 0.1) is 0 Å². The largest absolute Gasteiger partial charge is 0.493 e. The summed E-state index contributed by atoms with van der Waals surface area (Å²) in [6.45, 7) is 4.72. The summed E-state index contributed by atoms with van der Waals surface area (Å²) >= 11 is 0. The first-order chi connectivity index (χ1) is 8.85. The normalized spacial score (nSPS) is 18.9. The van der Waals surface area contributed by atoms with Crippen LogP contribution in [-0.4, -0.2) is 26.9 Å². The van der Waals surface area contributed by atoms with Crippen molar-refractivity contribution in [2.75, 3.05) is 26.9 Å². The highest BCUT2D eigenvalue weighted by Gasteiger charge is 2.17. The van der Waals surface area contributed by atoms with Crippen LogP contribution < -0.4 is 20.1 Å². The van der Waals surface area contributed by atoms with Gasteiger partial charge in [0.05, 0.1) is 13.7 Å². The molecule has 1 aromatic carbocycles. The highest BCUT2D eigenvalue weighted by Crippen LogP contribution is 2.30. The van der Waals surface area contributed by atoms with Crippen LogP contribution in [0.25, 0.3) is 0 Å². The molecule has 4 heteroatoms. The summed E-state index contributed by atoms with van der Waals surface area (Å²) in [6.07, 6.45) is 2.20. The van der Waals surface area contributed by atoms with E-state index >= 15 is 0 Å². The molecule has 0 aromatic heterocycles. The summed E-state index contributed by atoms with van der Waals surface area (Å²) in [7, 11) is 1.68. The highest BCUT2D eigenvalue weighted by atomic mass is 16.5. The van der Waals surface area contributed by atoms with Crippen LogP contribution in [-0.2, 0) is 0 Å². The van der Waals surface area contributed by atoms with E-state index in [1.54, 1.807) is 7.11 Å². The van der Waals surface area contributed by atoms with Crippen LogP contribution in [0.4, 0.5) is 0 Å². The number of methoxy groups -OCH3 is 1. The molecule has 1 atom stereocenters. The van der Waals surface area contributed by atoms with Gasteiger partial charge in [-0.15, -0.1) is 0 Å². The first-order valence-corrected chi connectivity index (χ1v) is 6.60. The van der Waals surface area contributed by atoms with Gasteiger partial charge in [-0.25, -0.2) is 0 Å². The van der Waals surface area contributed by atoms with Crippen molar-refractivity contribution in [2.24, 2.45) is 0 Å². The number of hydrogen-bond donors (Lipinski definition) is 2. The van der Waals surface area contributed by atoms with Crippen LogP contribution in [0.1, 0.15) is 31.4 Å². The molecule has 0 spiro atoms. The molecule has 1 unspecified atom stereocenters. The van der Waals surface area contributed by atoms with Crippen LogP contribution in [0.2, 0.25) is 0 Å². The quantitative estimate of drug-likeness (QED) is 0.758. The number of benzene rings is 1. The average Bonchev–Trinajstić information content (AvgIpc) is 2.93. The third-order valence-corrected chi connectivity index (χ3v) is 3.17. The number of hydrogen-bond acceptors (Lipinski definition) is 4. The molecule has 100 valence electrons. The fourth-order valence-corrected chi connectivity index (χ4v) is 2.07. The second kappa shape index (κ2) is 6.61. The molecule has 0 amide bonds. The van der Waals surface area contributed by atoms with E-state index in [0.717, 1.165) is 44.2 Å². The van der Waals surface area contributed by atoms with Gasteiger partial charge in [-0.3, -0.25) is 5.32 Å². The summed E-state index contributed by atoms with van der Waals surface area (Å²) < 4.78 is 11.1. The van der Waals surface area contributed by atoms with E-state index in [1.165, 1.54) is 5.56 Å². The van der Waals surface area contributed by atoms with Gasteiger partial charge >= 0.3 is 0 Å². The summed E-state index contributed by atoms with van der Waals surface area (Å²) in [5.74, 6) is 1.65. The van der Waals surface area contributed by atoms with E-state index < -0.39 is 0 Å². The van der Waals surface area contributed by atoms with Gasteiger partial charge in [0, 0.05) is 19.3 Å². The molecule has 0 saturated carbocycles. The summed E-state index contributed by atoms with van der Waals surface area (Å²) in [5.41, 5.74) is 1.24. The monoisotopic (exact) mass is 250 g/mol. The Bertz CT molecular complexity index is 376. The van der Waals surface area contributed by atoms with Crippen LogP contribution in [0.15, 0.2) is 18.2 Å². The Balaban J connectivity index is 2.10. The van der Waals surface area contributed by atoms with Crippen molar-refractivity contribution < 1.29 is 9.47 Å². The van der Waals surface area contributed by atoms with Crippen LogP contribution in [0.5, 0.6) is 11.5 Å². The molecular weight excluding hydrogens is 228 g/mol. The van der Waals surface area contributed by atoms with Gasteiger partial charge < -0.3 is 14.8 Å². The van der Waals surface area contributed by atoms with Gasteiger partial charge in [0.25, 0.3) is 0 Å². The number of rotatable bonds is 6. The molecule has 1 aromatic rings. The van der Waals surface area contributed by atoms with Crippen molar-refractivity contribution >= 4 is 0 Å². The Morgan fingerprint density at radius 3 is 2.89 bits per heavy atom. The van der Waals surface area contributed by atoms with Gasteiger partial charge in [0.15, 0.2) is 11.5 Å². The van der Waals surface area contributed by atoms with Crippen LogP contribution >= 0.6 is 0 Å². The molecule has 1 aliphatic heterocycles. The highest BCUT2D eigenvalue weighted by molar-refractivity contribution is 5.44. The molecule has 2 rings (SSSR count). The zero-order valence-corrected chi connectivity index (χ0v) is 11.2. The molecule has 0 bridgehead atoms. The lowest BCUT2D eigenvalue weighted by molar-refractivity contribution is 0.287. The topological polar surface area (TPSA) is 42.5 Å². The Labute approximate surface area is 109 Å². The summed E-state index contributed by atoms with van der Waals surface area (Å²) in [5, 5.41) is 6.69. The molecule has 0 radical (unpaired) electrons. The van der Waals surface area contributed by atoms with Crippen LogP contribution in [0.3, 0.4) is 0 Å². The number of ether oxygens (including phenoxy) is 2. The molecule has 1 aliphatic rings. The average molecular weight is 250 g/mol. The third kappa shape index (κ3) is 3.15. The molecular formula is C14H22N2O2. The number of unbranched alkanes of at least 4 members (excludes halogenated alkanes) is 1. The second-order valence-corrected chi connectivity index (χ2v) is 4.50. The van der Waals surface area contributed by atoms with Gasteiger partial charge in [-0.2, -0.15) is 0 Å². The lowest BCUT2D eigenvalue weighted by Gasteiger charge is -2.15. The summed E-state index contributed by atoms with van der Waals surface area (Å²) in [6, 6.07) is 6.52. The molecule has 1 heterocycles. The molecule has 4 nitrogen and oxygen atoms in total. The van der Waals surface area contributed by atoms with Gasteiger partial charge in [-0.05, 0) is 24.1 Å². The van der Waals surface area contributed by atoms with Crippen molar-refractivity contribution in [1.82, 2.24) is 10.6 Å². The Hall–Kier alpha value is -1.26. The van der Waals surface area contributed by atoms with E-state index in [2.05, 4.69) is 29.7 Å². The van der Waals surface area contributed by atoms with Crippen molar-refractivity contribution in [3.8, 4) is 11.5 Å². The number of nitrogens with one attached hydrogen (secondary N) is 2. The zero-order chi connectivity index (χ0) is 12.8.